The third-order valence-corrected chi connectivity index (χ3v) is 5.34. The number of amides is 1. The fourth-order valence-electron chi connectivity index (χ4n) is 2.97. The van der Waals surface area contributed by atoms with Gasteiger partial charge in [-0.15, -0.1) is 11.3 Å². The molecule has 0 radical (unpaired) electrons. The third-order valence-electron chi connectivity index (χ3n) is 4.12. The van der Waals surface area contributed by atoms with E-state index in [4.69, 9.17) is 16.3 Å². The van der Waals surface area contributed by atoms with Crippen LogP contribution in [0.5, 0.6) is 0 Å². The number of aliphatic hydroxyl groups is 1. The van der Waals surface area contributed by atoms with Gasteiger partial charge >= 0.3 is 0 Å². The first kappa shape index (κ1) is 16.7. The van der Waals surface area contributed by atoms with Crippen molar-refractivity contribution in [1.82, 2.24) is 4.90 Å². The number of piperidine rings is 1. The molecule has 1 aromatic heterocycles. The van der Waals surface area contributed by atoms with Crippen LogP contribution in [0, 0.1) is 5.41 Å². The topological polar surface area (TPSA) is 49.8 Å². The van der Waals surface area contributed by atoms with Crippen molar-refractivity contribution in [1.29, 1.82) is 0 Å². The second-order valence-corrected chi connectivity index (χ2v) is 7.40. The molecule has 1 atom stereocenters. The molecule has 2 rings (SSSR count). The van der Waals surface area contributed by atoms with Gasteiger partial charge in [0.25, 0.3) is 5.91 Å². The third kappa shape index (κ3) is 4.19. The lowest BCUT2D eigenvalue weighted by Crippen LogP contribution is -2.47. The molecule has 1 N–H and O–H groups in total. The van der Waals surface area contributed by atoms with Crippen LogP contribution in [0.2, 0.25) is 4.34 Å². The number of methoxy groups -OCH3 is 1. The van der Waals surface area contributed by atoms with Crippen LogP contribution in [-0.4, -0.2) is 49.3 Å². The number of carbonyl (C=O) groups is 1. The van der Waals surface area contributed by atoms with Crippen molar-refractivity contribution in [3.05, 3.63) is 21.3 Å². The van der Waals surface area contributed by atoms with Crippen LogP contribution in [-0.2, 0) is 4.74 Å². The lowest BCUT2D eigenvalue weighted by atomic mass is 9.77. The molecule has 6 heteroatoms. The van der Waals surface area contributed by atoms with E-state index in [1.165, 1.54) is 11.3 Å². The molecule has 0 bridgehead atoms. The number of hydrogen-bond donors (Lipinski definition) is 1. The average molecular weight is 332 g/mol. The first-order chi connectivity index (χ1) is 10.1. The monoisotopic (exact) mass is 331 g/mol. The summed E-state index contributed by atoms with van der Waals surface area (Å²) in [4.78, 5) is 15.0. The van der Waals surface area contributed by atoms with Crippen molar-refractivity contribution < 1.29 is 14.6 Å². The Morgan fingerprint density at radius 3 is 3.00 bits per heavy atom. The molecule has 1 unspecified atom stereocenters. The van der Waals surface area contributed by atoms with E-state index in [9.17, 15) is 9.90 Å². The van der Waals surface area contributed by atoms with Crippen LogP contribution in [0.4, 0.5) is 0 Å². The second kappa shape index (κ2) is 7.58. The lowest BCUT2D eigenvalue weighted by Gasteiger charge is -2.42. The molecular formula is C15H22ClNO3S. The summed E-state index contributed by atoms with van der Waals surface area (Å²) in [6, 6.07) is 3.52. The van der Waals surface area contributed by atoms with Gasteiger partial charge in [-0.25, -0.2) is 0 Å². The number of likely N-dealkylation sites (tertiary alicyclic amines) is 1. The predicted octanol–water partition coefficient (Wildman–Crippen LogP) is 3.04. The Bertz CT molecular complexity index is 479. The van der Waals surface area contributed by atoms with Gasteiger partial charge in [0.1, 0.15) is 0 Å². The zero-order valence-corrected chi connectivity index (χ0v) is 13.9. The fraction of sp³-hybridized carbons (Fsp3) is 0.667. The van der Waals surface area contributed by atoms with Gasteiger partial charge in [0.15, 0.2) is 0 Å². The van der Waals surface area contributed by atoms with Crippen molar-refractivity contribution in [2.24, 2.45) is 5.41 Å². The quantitative estimate of drug-likeness (QED) is 0.815. The molecule has 0 aliphatic carbocycles. The molecule has 0 saturated carbocycles. The summed E-state index contributed by atoms with van der Waals surface area (Å²) in [5.41, 5.74) is -0.187. The number of hydrogen-bond acceptors (Lipinski definition) is 4. The highest BCUT2D eigenvalue weighted by atomic mass is 35.5. The number of rotatable bonds is 6. The molecule has 1 aliphatic rings. The number of thiophene rings is 1. The summed E-state index contributed by atoms with van der Waals surface area (Å²) in [7, 11) is 1.68. The van der Waals surface area contributed by atoms with Crippen molar-refractivity contribution in [3.8, 4) is 0 Å². The Hall–Kier alpha value is -0.620. The minimum atomic E-state index is -0.187. The maximum atomic E-state index is 12.5. The maximum Gasteiger partial charge on any atom is 0.263 e. The van der Waals surface area contributed by atoms with Crippen LogP contribution in [0.25, 0.3) is 0 Å². The minimum Gasteiger partial charge on any atom is -0.396 e. The van der Waals surface area contributed by atoms with E-state index in [0.717, 1.165) is 32.2 Å². The van der Waals surface area contributed by atoms with Crippen molar-refractivity contribution >= 4 is 28.8 Å². The van der Waals surface area contributed by atoms with Gasteiger partial charge < -0.3 is 14.7 Å². The van der Waals surface area contributed by atoms with Gasteiger partial charge in [-0.1, -0.05) is 11.6 Å². The lowest BCUT2D eigenvalue weighted by molar-refractivity contribution is 0.0183. The van der Waals surface area contributed by atoms with Crippen LogP contribution >= 0.6 is 22.9 Å². The van der Waals surface area contributed by atoms with E-state index < -0.39 is 0 Å². The molecule has 2 heterocycles. The molecule has 1 aromatic rings. The zero-order chi connectivity index (χ0) is 15.3. The van der Waals surface area contributed by atoms with Gasteiger partial charge in [-0.3, -0.25) is 4.79 Å². The van der Waals surface area contributed by atoms with Gasteiger partial charge in [0.2, 0.25) is 0 Å². The smallest absolute Gasteiger partial charge is 0.263 e. The minimum absolute atomic E-state index is 0.0242. The first-order valence-corrected chi connectivity index (χ1v) is 8.44. The number of ether oxygens (including phenoxy) is 1. The highest BCUT2D eigenvalue weighted by Gasteiger charge is 2.36. The van der Waals surface area contributed by atoms with Crippen LogP contribution in [0.15, 0.2) is 12.1 Å². The molecule has 118 valence electrons. The first-order valence-electron chi connectivity index (χ1n) is 7.25. The summed E-state index contributed by atoms with van der Waals surface area (Å²) in [5.74, 6) is 0.0242. The van der Waals surface area contributed by atoms with E-state index in [1.54, 1.807) is 19.2 Å². The van der Waals surface area contributed by atoms with E-state index >= 15 is 0 Å². The van der Waals surface area contributed by atoms with Crippen LogP contribution in [0.3, 0.4) is 0 Å². The maximum absolute atomic E-state index is 12.5. The normalized spacial score (nSPS) is 22.5. The second-order valence-electron chi connectivity index (χ2n) is 5.69. The molecule has 1 fully saturated rings. The molecule has 4 nitrogen and oxygen atoms in total. The number of nitrogens with zero attached hydrogens (tertiary/aromatic N) is 1. The highest BCUT2D eigenvalue weighted by Crippen LogP contribution is 2.35. The highest BCUT2D eigenvalue weighted by molar-refractivity contribution is 7.17. The van der Waals surface area contributed by atoms with Gasteiger partial charge in [-0.05, 0) is 37.8 Å². The fourth-order valence-corrected chi connectivity index (χ4v) is 3.98. The molecule has 1 amide bonds. The largest absolute Gasteiger partial charge is 0.396 e. The van der Waals surface area contributed by atoms with Gasteiger partial charge in [0.05, 0.1) is 15.8 Å². The molecule has 21 heavy (non-hydrogen) atoms. The average Bonchev–Trinajstić information content (AvgIpc) is 2.93. The Labute approximate surface area is 134 Å². The number of carbonyl (C=O) groups excluding carboxylic acids is 1. The Morgan fingerprint density at radius 1 is 1.57 bits per heavy atom. The van der Waals surface area contributed by atoms with Crippen molar-refractivity contribution in [2.75, 3.05) is 33.4 Å². The van der Waals surface area contributed by atoms with E-state index in [2.05, 4.69) is 0 Å². The zero-order valence-electron chi connectivity index (χ0n) is 12.3. The summed E-state index contributed by atoms with van der Waals surface area (Å²) < 4.78 is 5.72. The van der Waals surface area contributed by atoms with Gasteiger partial charge in [0, 0.05) is 32.2 Å². The van der Waals surface area contributed by atoms with Crippen LogP contribution in [0.1, 0.15) is 35.4 Å². The Balaban J connectivity index is 2.02. The summed E-state index contributed by atoms with van der Waals surface area (Å²) in [5, 5.41) is 9.82. The van der Waals surface area contributed by atoms with E-state index in [-0.39, 0.29) is 17.9 Å². The number of aliphatic hydroxyl groups excluding tert-OH is 1. The van der Waals surface area contributed by atoms with Crippen molar-refractivity contribution in [3.63, 3.8) is 0 Å². The summed E-state index contributed by atoms with van der Waals surface area (Å²) in [6.07, 6.45) is 3.68. The standard InChI is InChI=1S/C15H22ClNO3S/c1-20-9-3-7-15(11-18)6-2-8-17(10-15)14(19)12-4-5-13(16)21-12/h4-5,18H,2-3,6-11H2,1H3. The molecule has 1 aliphatic heterocycles. The van der Waals surface area contributed by atoms with Gasteiger partial charge in [-0.2, -0.15) is 0 Å². The Kier molecular flexibility index (Phi) is 6.05. The summed E-state index contributed by atoms with van der Waals surface area (Å²) >= 11 is 7.22. The predicted molar refractivity (Wildman–Crippen MR) is 85.1 cm³/mol. The number of halogens is 1. The summed E-state index contributed by atoms with van der Waals surface area (Å²) in [6.45, 7) is 2.17. The SMILES string of the molecule is COCCCC1(CO)CCCN(C(=O)c2ccc(Cl)s2)C1. The van der Waals surface area contributed by atoms with E-state index in [0.29, 0.717) is 22.4 Å². The van der Waals surface area contributed by atoms with Crippen molar-refractivity contribution in [2.45, 2.75) is 25.7 Å². The molecule has 0 aromatic carbocycles. The van der Waals surface area contributed by atoms with Crippen LogP contribution < -0.4 is 0 Å². The molecule has 1 saturated heterocycles. The molecule has 0 spiro atoms. The van der Waals surface area contributed by atoms with E-state index in [1.807, 2.05) is 4.90 Å². The Morgan fingerprint density at radius 2 is 2.38 bits per heavy atom. The molecular weight excluding hydrogens is 310 g/mol.